The molecule has 5 nitrogen and oxygen atoms in total. The zero-order chi connectivity index (χ0) is 12.7. The van der Waals surface area contributed by atoms with E-state index in [0.29, 0.717) is 6.42 Å². The lowest BCUT2D eigenvalue weighted by molar-refractivity contribution is -0.141. The molecule has 5 heteroatoms. The number of carbonyl (C=O) groups excluding carboxylic acids is 2. The monoisotopic (exact) mass is 237 g/mol. The number of nitrogens with two attached hydrogens (primary N) is 1. The maximum Gasteiger partial charge on any atom is 0.516 e. The van der Waals surface area contributed by atoms with Crippen LogP contribution in [0.2, 0.25) is 0 Å². The Morgan fingerprint density at radius 1 is 1.29 bits per heavy atom. The van der Waals surface area contributed by atoms with Gasteiger partial charge in [-0.1, -0.05) is 37.3 Å². The van der Waals surface area contributed by atoms with E-state index < -0.39 is 18.2 Å². The Labute approximate surface area is 99.5 Å². The molecule has 0 aliphatic carbocycles. The first-order chi connectivity index (χ1) is 8.13. The summed E-state index contributed by atoms with van der Waals surface area (Å²) in [5.41, 5.74) is 6.21. The van der Waals surface area contributed by atoms with Crippen molar-refractivity contribution in [2.24, 2.45) is 5.73 Å². The lowest BCUT2D eigenvalue weighted by atomic mass is 10.2. The second kappa shape index (κ2) is 6.65. The van der Waals surface area contributed by atoms with Gasteiger partial charge in [0, 0.05) is 0 Å². The van der Waals surface area contributed by atoms with Gasteiger partial charge in [-0.25, -0.2) is 9.59 Å². The van der Waals surface area contributed by atoms with E-state index in [-0.39, 0.29) is 6.61 Å². The molecule has 1 unspecified atom stereocenters. The molecule has 0 amide bonds. The fraction of sp³-hybridized carbons (Fsp3) is 0.333. The fourth-order valence-corrected chi connectivity index (χ4v) is 1.07. The van der Waals surface area contributed by atoms with Crippen molar-refractivity contribution in [3.05, 3.63) is 35.9 Å². The summed E-state index contributed by atoms with van der Waals surface area (Å²) in [4.78, 5) is 22.3. The zero-order valence-corrected chi connectivity index (χ0v) is 9.59. The number of benzene rings is 1. The van der Waals surface area contributed by atoms with Crippen molar-refractivity contribution >= 4 is 12.1 Å². The predicted octanol–water partition coefficient (Wildman–Crippen LogP) is 1.60. The molecule has 0 heterocycles. The van der Waals surface area contributed by atoms with Crippen LogP contribution >= 0.6 is 0 Å². The Morgan fingerprint density at radius 2 is 1.94 bits per heavy atom. The third kappa shape index (κ3) is 4.65. The van der Waals surface area contributed by atoms with Crippen molar-refractivity contribution in [1.29, 1.82) is 0 Å². The first-order valence-electron chi connectivity index (χ1n) is 5.31. The molecular formula is C12H15NO4. The third-order valence-corrected chi connectivity index (χ3v) is 2.13. The van der Waals surface area contributed by atoms with Gasteiger partial charge in [-0.15, -0.1) is 0 Å². The summed E-state index contributed by atoms with van der Waals surface area (Å²) in [6.07, 6.45) is -0.618. The number of hydrogen-bond donors (Lipinski definition) is 1. The number of esters is 1. The first kappa shape index (κ1) is 13.2. The molecule has 1 aromatic rings. The quantitative estimate of drug-likeness (QED) is 0.635. The van der Waals surface area contributed by atoms with Crippen LogP contribution in [-0.2, 0) is 20.9 Å². The Morgan fingerprint density at radius 3 is 2.53 bits per heavy atom. The average molecular weight is 237 g/mol. The van der Waals surface area contributed by atoms with E-state index in [4.69, 9.17) is 10.5 Å². The molecule has 0 bridgehead atoms. The number of rotatable bonds is 4. The molecule has 92 valence electrons. The molecule has 0 aliphatic rings. The molecular weight excluding hydrogens is 222 g/mol. The van der Waals surface area contributed by atoms with Gasteiger partial charge in [0.25, 0.3) is 0 Å². The van der Waals surface area contributed by atoms with Gasteiger partial charge in [0.05, 0.1) is 0 Å². The zero-order valence-electron chi connectivity index (χ0n) is 9.59. The lowest BCUT2D eigenvalue weighted by Crippen LogP contribution is -2.33. The molecule has 1 rings (SSSR count). The Hall–Kier alpha value is -1.88. The molecule has 0 fully saturated rings. The predicted molar refractivity (Wildman–Crippen MR) is 61.0 cm³/mol. The van der Waals surface area contributed by atoms with Gasteiger partial charge >= 0.3 is 12.1 Å². The van der Waals surface area contributed by atoms with Gasteiger partial charge in [0.2, 0.25) is 0 Å². The van der Waals surface area contributed by atoms with Gasteiger partial charge in [0.15, 0.2) is 0 Å². The first-order valence-corrected chi connectivity index (χ1v) is 5.31. The van der Waals surface area contributed by atoms with Crippen LogP contribution in [0.1, 0.15) is 18.9 Å². The topological polar surface area (TPSA) is 78.6 Å². The molecule has 0 aliphatic heterocycles. The summed E-state index contributed by atoms with van der Waals surface area (Å²) in [5.74, 6) is -0.773. The molecule has 0 spiro atoms. The fourth-order valence-electron chi connectivity index (χ4n) is 1.07. The lowest BCUT2D eigenvalue weighted by Gasteiger charge is -2.08. The van der Waals surface area contributed by atoms with Gasteiger partial charge in [-0.2, -0.15) is 0 Å². The van der Waals surface area contributed by atoms with E-state index in [1.54, 1.807) is 19.1 Å². The maximum atomic E-state index is 11.1. The molecule has 1 aromatic carbocycles. The highest BCUT2D eigenvalue weighted by molar-refractivity contribution is 5.85. The van der Waals surface area contributed by atoms with Gasteiger partial charge in [-0.05, 0) is 12.0 Å². The molecule has 17 heavy (non-hydrogen) atoms. The highest BCUT2D eigenvalue weighted by Crippen LogP contribution is 2.02. The Balaban J connectivity index is 2.33. The van der Waals surface area contributed by atoms with Crippen LogP contribution in [0, 0.1) is 0 Å². The van der Waals surface area contributed by atoms with Crippen LogP contribution in [0.25, 0.3) is 0 Å². The van der Waals surface area contributed by atoms with Crippen molar-refractivity contribution in [3.63, 3.8) is 0 Å². The molecule has 0 aromatic heterocycles. The van der Waals surface area contributed by atoms with Gasteiger partial charge in [0.1, 0.15) is 12.6 Å². The minimum absolute atomic E-state index is 0.0638. The van der Waals surface area contributed by atoms with Crippen LogP contribution in [0.4, 0.5) is 4.79 Å². The summed E-state index contributed by atoms with van der Waals surface area (Å²) < 4.78 is 9.16. The summed E-state index contributed by atoms with van der Waals surface area (Å²) in [7, 11) is 0. The molecule has 0 radical (unpaired) electrons. The second-order valence-corrected chi connectivity index (χ2v) is 3.46. The van der Waals surface area contributed by atoms with E-state index in [2.05, 4.69) is 4.74 Å². The minimum atomic E-state index is -1.03. The summed E-state index contributed by atoms with van der Waals surface area (Å²) in [6.45, 7) is 1.79. The van der Waals surface area contributed by atoms with Crippen molar-refractivity contribution in [2.45, 2.75) is 26.0 Å². The van der Waals surface area contributed by atoms with Crippen LogP contribution in [0.5, 0.6) is 0 Å². The largest absolute Gasteiger partial charge is 0.516 e. The van der Waals surface area contributed by atoms with Gasteiger partial charge in [-0.3, -0.25) is 0 Å². The highest BCUT2D eigenvalue weighted by Gasteiger charge is 2.17. The Bertz CT molecular complexity index is 377. The molecule has 2 N–H and O–H groups in total. The number of hydrogen-bond acceptors (Lipinski definition) is 5. The van der Waals surface area contributed by atoms with Crippen molar-refractivity contribution in [1.82, 2.24) is 0 Å². The van der Waals surface area contributed by atoms with Crippen LogP contribution in [0.3, 0.4) is 0 Å². The molecule has 0 saturated heterocycles. The Kier molecular flexibility index (Phi) is 5.16. The van der Waals surface area contributed by atoms with E-state index in [0.717, 1.165) is 5.56 Å². The smallest absolute Gasteiger partial charge is 0.429 e. The number of carbonyl (C=O) groups is 2. The van der Waals surface area contributed by atoms with Gasteiger partial charge < -0.3 is 15.2 Å². The van der Waals surface area contributed by atoms with Crippen LogP contribution < -0.4 is 5.73 Å². The van der Waals surface area contributed by atoms with Crippen molar-refractivity contribution < 1.29 is 19.1 Å². The van der Waals surface area contributed by atoms with E-state index in [9.17, 15) is 9.59 Å². The third-order valence-electron chi connectivity index (χ3n) is 2.13. The maximum absolute atomic E-state index is 11.1. The SMILES string of the molecule is CCC(N)C(=O)OC(=O)OCc1ccccc1. The van der Waals surface area contributed by atoms with Crippen LogP contribution in [0.15, 0.2) is 30.3 Å². The minimum Gasteiger partial charge on any atom is -0.429 e. The normalized spacial score (nSPS) is 11.6. The molecule has 0 saturated carbocycles. The van der Waals surface area contributed by atoms with Crippen molar-refractivity contribution in [2.75, 3.05) is 0 Å². The number of ether oxygens (including phenoxy) is 2. The molecule has 1 atom stereocenters. The van der Waals surface area contributed by atoms with Crippen LogP contribution in [-0.4, -0.2) is 18.2 Å². The highest BCUT2D eigenvalue weighted by atomic mass is 16.7. The average Bonchev–Trinajstić information content (AvgIpc) is 2.36. The summed E-state index contributed by atoms with van der Waals surface area (Å²) in [6, 6.07) is 8.30. The summed E-state index contributed by atoms with van der Waals surface area (Å²) >= 11 is 0. The van der Waals surface area contributed by atoms with Crippen molar-refractivity contribution in [3.8, 4) is 0 Å². The van der Waals surface area contributed by atoms with E-state index in [1.165, 1.54) is 0 Å². The second-order valence-electron chi connectivity index (χ2n) is 3.46. The summed E-state index contributed by atoms with van der Waals surface area (Å²) in [5, 5.41) is 0. The standard InChI is InChI=1S/C12H15NO4/c1-2-10(13)11(14)17-12(15)16-8-9-6-4-3-5-7-9/h3-7,10H,2,8,13H2,1H3. The van der Waals surface area contributed by atoms with E-state index >= 15 is 0 Å². The van der Waals surface area contributed by atoms with E-state index in [1.807, 2.05) is 18.2 Å².